The van der Waals surface area contributed by atoms with E-state index in [4.69, 9.17) is 0 Å². The fraction of sp³-hybridized carbons (Fsp3) is 0.0588. The van der Waals surface area contributed by atoms with Crippen LogP contribution >= 0.6 is 0 Å². The lowest BCUT2D eigenvalue weighted by Gasteiger charge is -2.20. The number of halogens is 1. The van der Waals surface area contributed by atoms with Crippen LogP contribution in [0, 0.1) is 5.82 Å². The molecule has 22 heavy (non-hydrogen) atoms. The Balaban J connectivity index is 1.95. The Kier molecular flexibility index (Phi) is 2.96. The van der Waals surface area contributed by atoms with Crippen LogP contribution in [-0.2, 0) is 0 Å². The van der Waals surface area contributed by atoms with Crippen molar-refractivity contribution in [3.05, 3.63) is 66.9 Å². The van der Waals surface area contributed by atoms with Gasteiger partial charge in [0.25, 0.3) is 0 Å². The van der Waals surface area contributed by atoms with E-state index in [2.05, 4.69) is 25.9 Å². The van der Waals surface area contributed by atoms with Crippen molar-refractivity contribution in [2.45, 2.75) is 0 Å². The Morgan fingerprint density at radius 3 is 2.64 bits per heavy atom. The summed E-state index contributed by atoms with van der Waals surface area (Å²) in [5.41, 5.74) is 3.35. The minimum atomic E-state index is -0.253. The Labute approximate surface area is 126 Å². The Bertz CT molecular complexity index is 877. The van der Waals surface area contributed by atoms with E-state index in [9.17, 15) is 4.39 Å². The highest BCUT2D eigenvalue weighted by Crippen LogP contribution is 2.36. The number of fused-ring (bicyclic) bond motifs is 1. The predicted octanol–water partition coefficient (Wildman–Crippen LogP) is 3.65. The molecular weight excluding hydrogens is 279 g/mol. The van der Waals surface area contributed by atoms with Gasteiger partial charge < -0.3 is 9.88 Å². The van der Waals surface area contributed by atoms with Crippen LogP contribution < -0.4 is 4.90 Å². The first-order valence-corrected chi connectivity index (χ1v) is 7.01. The summed E-state index contributed by atoms with van der Waals surface area (Å²) in [6.07, 6.45) is 11.4. The molecule has 4 rings (SSSR count). The average molecular weight is 292 g/mol. The van der Waals surface area contributed by atoms with Crippen LogP contribution in [0.1, 0.15) is 0 Å². The fourth-order valence-corrected chi connectivity index (χ4v) is 2.64. The molecule has 0 saturated carbocycles. The van der Waals surface area contributed by atoms with E-state index in [1.807, 2.05) is 18.4 Å². The zero-order valence-electron chi connectivity index (χ0n) is 11.7. The monoisotopic (exact) mass is 292 g/mol. The maximum Gasteiger partial charge on any atom is 0.158 e. The fourth-order valence-electron chi connectivity index (χ4n) is 2.64. The number of benzene rings is 1. The minimum Gasteiger partial charge on any atom is -0.330 e. The van der Waals surface area contributed by atoms with Crippen molar-refractivity contribution in [2.24, 2.45) is 0 Å². The molecule has 0 radical (unpaired) electrons. The molecule has 0 saturated heterocycles. The molecule has 5 heteroatoms. The topological polar surface area (TPSA) is 44.8 Å². The summed E-state index contributed by atoms with van der Waals surface area (Å²) in [6, 6.07) is 6.44. The lowest BCUT2D eigenvalue weighted by molar-refractivity contribution is 0.628. The maximum atomic E-state index is 13.2. The van der Waals surface area contributed by atoms with Crippen LogP contribution in [0.15, 0.2) is 61.1 Å². The molecule has 0 bridgehead atoms. The highest BCUT2D eigenvalue weighted by molar-refractivity contribution is 5.98. The molecule has 1 aliphatic rings. The SMILES string of the molecule is Fc1ccc(-c2c(N3C=CC=CC3)[nH]c3nccnc23)cc1. The van der Waals surface area contributed by atoms with Crippen LogP contribution in [-0.4, -0.2) is 21.5 Å². The summed E-state index contributed by atoms with van der Waals surface area (Å²) in [5.74, 6) is 0.658. The van der Waals surface area contributed by atoms with Gasteiger partial charge in [-0.1, -0.05) is 24.3 Å². The number of allylic oxidation sites excluding steroid dienone is 2. The van der Waals surface area contributed by atoms with E-state index in [1.54, 1.807) is 24.5 Å². The van der Waals surface area contributed by atoms with Crippen molar-refractivity contribution in [2.75, 3.05) is 11.4 Å². The van der Waals surface area contributed by atoms with E-state index in [0.717, 1.165) is 34.7 Å². The first-order chi connectivity index (χ1) is 10.8. The van der Waals surface area contributed by atoms with E-state index in [0.29, 0.717) is 0 Å². The van der Waals surface area contributed by atoms with Crippen molar-refractivity contribution in [1.29, 1.82) is 0 Å². The van der Waals surface area contributed by atoms with Crippen molar-refractivity contribution >= 4 is 17.0 Å². The van der Waals surface area contributed by atoms with Gasteiger partial charge in [-0.25, -0.2) is 9.37 Å². The summed E-state index contributed by atoms with van der Waals surface area (Å²) in [6.45, 7) is 0.761. The van der Waals surface area contributed by atoms with Gasteiger partial charge in [0.15, 0.2) is 5.65 Å². The van der Waals surface area contributed by atoms with Gasteiger partial charge in [-0.3, -0.25) is 4.98 Å². The van der Waals surface area contributed by atoms with Gasteiger partial charge >= 0.3 is 0 Å². The first-order valence-electron chi connectivity index (χ1n) is 7.01. The summed E-state index contributed by atoms with van der Waals surface area (Å²) >= 11 is 0. The van der Waals surface area contributed by atoms with Gasteiger partial charge in [-0.2, -0.15) is 0 Å². The third-order valence-corrected chi connectivity index (χ3v) is 3.64. The van der Waals surface area contributed by atoms with Gasteiger partial charge in [-0.05, 0) is 23.8 Å². The maximum absolute atomic E-state index is 13.2. The lowest BCUT2D eigenvalue weighted by Crippen LogP contribution is -2.18. The summed E-state index contributed by atoms with van der Waals surface area (Å²) < 4.78 is 13.2. The molecular formula is C17H13FN4. The number of hydrogen-bond donors (Lipinski definition) is 1. The lowest BCUT2D eigenvalue weighted by atomic mass is 10.1. The predicted molar refractivity (Wildman–Crippen MR) is 84.9 cm³/mol. The van der Waals surface area contributed by atoms with Crippen LogP contribution in [0.5, 0.6) is 0 Å². The molecule has 2 aromatic heterocycles. The molecule has 0 spiro atoms. The molecule has 0 atom stereocenters. The van der Waals surface area contributed by atoms with Crippen LogP contribution in [0.3, 0.4) is 0 Å². The van der Waals surface area contributed by atoms with Crippen molar-refractivity contribution in [1.82, 2.24) is 15.0 Å². The number of aromatic nitrogens is 3. The number of H-pyrrole nitrogens is 1. The number of hydrogen-bond acceptors (Lipinski definition) is 3. The molecule has 108 valence electrons. The van der Waals surface area contributed by atoms with Crippen LogP contribution in [0.2, 0.25) is 0 Å². The molecule has 0 aliphatic carbocycles. The van der Waals surface area contributed by atoms with Crippen LogP contribution in [0.25, 0.3) is 22.3 Å². The standard InChI is InChI=1S/C17H13FN4/c18-13-6-4-12(5-7-13)14-15-16(20-9-8-19-15)21-17(14)22-10-2-1-3-11-22/h1-10H,11H2,(H,20,21). The van der Waals surface area contributed by atoms with Gasteiger partial charge in [0.05, 0.1) is 5.56 Å². The quantitative estimate of drug-likeness (QED) is 0.784. The Morgan fingerprint density at radius 1 is 1.05 bits per heavy atom. The molecule has 1 aromatic carbocycles. The summed E-state index contributed by atoms with van der Waals surface area (Å²) in [7, 11) is 0. The van der Waals surface area contributed by atoms with E-state index >= 15 is 0 Å². The largest absolute Gasteiger partial charge is 0.330 e. The van der Waals surface area contributed by atoms with Gasteiger partial charge in [-0.15, -0.1) is 0 Å². The zero-order chi connectivity index (χ0) is 14.9. The van der Waals surface area contributed by atoms with Crippen molar-refractivity contribution < 1.29 is 4.39 Å². The highest BCUT2D eigenvalue weighted by Gasteiger charge is 2.19. The van der Waals surface area contributed by atoms with E-state index in [1.165, 1.54) is 12.1 Å². The Hall–Kier alpha value is -2.95. The highest BCUT2D eigenvalue weighted by atomic mass is 19.1. The molecule has 0 fully saturated rings. The number of nitrogens with zero attached hydrogens (tertiary/aromatic N) is 3. The van der Waals surface area contributed by atoms with Gasteiger partial charge in [0, 0.05) is 25.1 Å². The number of rotatable bonds is 2. The minimum absolute atomic E-state index is 0.253. The Morgan fingerprint density at radius 2 is 1.86 bits per heavy atom. The second-order valence-electron chi connectivity index (χ2n) is 5.03. The molecule has 0 amide bonds. The van der Waals surface area contributed by atoms with Crippen molar-refractivity contribution in [3.63, 3.8) is 0 Å². The molecule has 1 N–H and O–H groups in total. The molecule has 3 aromatic rings. The van der Waals surface area contributed by atoms with Gasteiger partial charge in [0.2, 0.25) is 0 Å². The normalized spacial score (nSPS) is 14.0. The molecule has 4 nitrogen and oxygen atoms in total. The molecule has 1 aliphatic heterocycles. The third-order valence-electron chi connectivity index (χ3n) is 3.64. The molecule has 3 heterocycles. The number of aromatic amines is 1. The average Bonchev–Trinajstić information content (AvgIpc) is 2.96. The first kappa shape index (κ1) is 12.8. The summed E-state index contributed by atoms with van der Waals surface area (Å²) in [5, 5.41) is 0. The van der Waals surface area contributed by atoms with E-state index < -0.39 is 0 Å². The van der Waals surface area contributed by atoms with Crippen molar-refractivity contribution in [3.8, 4) is 11.1 Å². The number of anilines is 1. The smallest absolute Gasteiger partial charge is 0.158 e. The third kappa shape index (κ3) is 2.07. The zero-order valence-corrected chi connectivity index (χ0v) is 11.7. The number of nitrogens with one attached hydrogen (secondary N) is 1. The second kappa shape index (κ2) is 5.11. The van der Waals surface area contributed by atoms with E-state index in [-0.39, 0.29) is 5.82 Å². The molecule has 0 unspecified atom stereocenters. The summed E-state index contributed by atoms with van der Waals surface area (Å²) in [4.78, 5) is 14.2. The van der Waals surface area contributed by atoms with Crippen LogP contribution in [0.4, 0.5) is 10.2 Å². The second-order valence-corrected chi connectivity index (χ2v) is 5.03. The van der Waals surface area contributed by atoms with Gasteiger partial charge in [0.1, 0.15) is 17.2 Å².